The van der Waals surface area contributed by atoms with Gasteiger partial charge in [-0.15, -0.1) is 0 Å². The zero-order valence-electron chi connectivity index (χ0n) is 9.40. The number of nitrogens with two attached hydrogens (primary N) is 1. The lowest BCUT2D eigenvalue weighted by molar-refractivity contribution is 0.596. The third kappa shape index (κ3) is 2.24. The van der Waals surface area contributed by atoms with Crippen LogP contribution in [0.4, 0.5) is 11.6 Å². The summed E-state index contributed by atoms with van der Waals surface area (Å²) in [5.41, 5.74) is 2.46. The van der Waals surface area contributed by atoms with Gasteiger partial charge in [0.05, 0.1) is 5.69 Å². The van der Waals surface area contributed by atoms with Crippen LogP contribution in [0.25, 0.3) is 0 Å². The summed E-state index contributed by atoms with van der Waals surface area (Å²) in [6.07, 6.45) is 2.59. The van der Waals surface area contributed by atoms with Crippen molar-refractivity contribution < 1.29 is 8.42 Å². The van der Waals surface area contributed by atoms with E-state index in [0.717, 1.165) is 0 Å². The van der Waals surface area contributed by atoms with Gasteiger partial charge in [-0.25, -0.2) is 14.4 Å². The monoisotopic (exact) mass is 269 g/mol. The van der Waals surface area contributed by atoms with E-state index in [4.69, 9.17) is 5.84 Å². The Morgan fingerprint density at radius 3 is 2.78 bits per heavy atom. The fourth-order valence-corrected chi connectivity index (χ4v) is 2.41. The summed E-state index contributed by atoms with van der Waals surface area (Å²) in [6.45, 7) is 0. The van der Waals surface area contributed by atoms with Crippen molar-refractivity contribution in [3.05, 3.63) is 24.7 Å². The molecule has 2 rings (SSSR count). The van der Waals surface area contributed by atoms with E-state index in [1.165, 1.54) is 23.3 Å². The van der Waals surface area contributed by atoms with E-state index < -0.39 is 10.0 Å². The summed E-state index contributed by atoms with van der Waals surface area (Å²) >= 11 is 0. The number of rotatable bonds is 4. The molecule has 0 saturated heterocycles. The number of nitrogens with one attached hydrogen (secondary N) is 2. The van der Waals surface area contributed by atoms with Crippen LogP contribution < -0.4 is 16.0 Å². The lowest BCUT2D eigenvalue weighted by Crippen LogP contribution is -2.20. The van der Waals surface area contributed by atoms with Crippen molar-refractivity contribution in [3.8, 4) is 0 Å². The van der Waals surface area contributed by atoms with E-state index in [1.807, 2.05) is 0 Å². The van der Waals surface area contributed by atoms with Crippen LogP contribution in [0, 0.1) is 0 Å². The summed E-state index contributed by atoms with van der Waals surface area (Å²) in [4.78, 5) is 7.55. The number of aromatic nitrogens is 4. The summed E-state index contributed by atoms with van der Waals surface area (Å²) in [5.74, 6) is 5.32. The molecular weight excluding hydrogens is 258 g/mol. The van der Waals surface area contributed by atoms with Gasteiger partial charge in [0.1, 0.15) is 6.33 Å². The molecule has 0 saturated carbocycles. The lowest BCUT2D eigenvalue weighted by Gasteiger charge is -2.09. The third-order valence-corrected chi connectivity index (χ3v) is 3.40. The van der Waals surface area contributed by atoms with Gasteiger partial charge in [-0.1, -0.05) is 0 Å². The van der Waals surface area contributed by atoms with E-state index in [2.05, 4.69) is 25.2 Å². The second kappa shape index (κ2) is 4.58. The molecule has 0 aromatic carbocycles. The zero-order chi connectivity index (χ0) is 13.2. The van der Waals surface area contributed by atoms with Gasteiger partial charge in [0.15, 0.2) is 0 Å². The smallest absolute Gasteiger partial charge is 0.283 e. The van der Waals surface area contributed by atoms with E-state index in [9.17, 15) is 8.42 Å². The van der Waals surface area contributed by atoms with Crippen LogP contribution in [0.15, 0.2) is 29.7 Å². The van der Waals surface area contributed by atoms with E-state index >= 15 is 0 Å². The first-order valence-corrected chi connectivity index (χ1v) is 6.31. The molecule has 0 atom stereocenters. The fourth-order valence-electron chi connectivity index (χ4n) is 1.27. The number of hydrogen-bond acceptors (Lipinski definition) is 7. The maximum atomic E-state index is 12.1. The molecule has 0 fully saturated rings. The highest BCUT2D eigenvalue weighted by Crippen LogP contribution is 2.18. The highest BCUT2D eigenvalue weighted by molar-refractivity contribution is 7.92. The number of pyridine rings is 1. The Hall–Kier alpha value is -2.20. The summed E-state index contributed by atoms with van der Waals surface area (Å²) < 4.78 is 27.7. The van der Waals surface area contributed by atoms with Crippen molar-refractivity contribution in [1.82, 2.24) is 19.7 Å². The van der Waals surface area contributed by atoms with Gasteiger partial charge in [0.25, 0.3) is 10.0 Å². The highest BCUT2D eigenvalue weighted by Gasteiger charge is 2.21. The van der Waals surface area contributed by atoms with Crippen LogP contribution in [-0.2, 0) is 17.1 Å². The Morgan fingerprint density at radius 2 is 2.17 bits per heavy atom. The maximum absolute atomic E-state index is 12.1. The van der Waals surface area contributed by atoms with Gasteiger partial charge in [-0.05, 0) is 12.1 Å². The molecule has 0 bridgehead atoms. The van der Waals surface area contributed by atoms with Crippen molar-refractivity contribution in [2.45, 2.75) is 5.03 Å². The Kier molecular flexibility index (Phi) is 3.12. The summed E-state index contributed by atoms with van der Waals surface area (Å²) in [7, 11) is -2.31. The van der Waals surface area contributed by atoms with Gasteiger partial charge < -0.3 is 5.43 Å². The highest BCUT2D eigenvalue weighted by atomic mass is 32.2. The van der Waals surface area contributed by atoms with Crippen LogP contribution in [0.2, 0.25) is 0 Å². The Balaban J connectivity index is 2.40. The molecule has 0 aliphatic heterocycles. The van der Waals surface area contributed by atoms with Gasteiger partial charge in [0, 0.05) is 13.2 Å². The Bertz CT molecular complexity index is 651. The first-order valence-electron chi connectivity index (χ1n) is 4.83. The molecule has 0 aliphatic carbocycles. The van der Waals surface area contributed by atoms with Crippen LogP contribution in [0.5, 0.6) is 0 Å². The average molecular weight is 269 g/mol. The molecule has 2 aromatic heterocycles. The topological polar surface area (TPSA) is 128 Å². The molecule has 18 heavy (non-hydrogen) atoms. The van der Waals surface area contributed by atoms with Crippen molar-refractivity contribution in [1.29, 1.82) is 0 Å². The number of sulfonamides is 1. The Morgan fingerprint density at radius 1 is 1.39 bits per heavy atom. The number of aryl methyl sites for hydroxylation is 1. The number of hydrazine groups is 1. The SMILES string of the molecule is Cn1ncnc1NS(=O)(=O)c1ncccc1NN. The van der Waals surface area contributed by atoms with E-state index in [0.29, 0.717) is 0 Å². The van der Waals surface area contributed by atoms with Crippen molar-refractivity contribution in [3.63, 3.8) is 0 Å². The predicted octanol–water partition coefficient (Wildman–Crippen LogP) is -0.704. The largest absolute Gasteiger partial charge is 0.321 e. The molecule has 2 aromatic rings. The minimum absolute atomic E-state index is 0.0867. The first-order chi connectivity index (χ1) is 8.54. The molecule has 96 valence electrons. The zero-order valence-corrected chi connectivity index (χ0v) is 10.2. The standard InChI is InChI=1S/C8H11N7O2S/c1-15-8(11-5-12-15)14-18(16,17)7-6(13-9)3-2-4-10-7/h2-5,13H,9H2,1H3,(H,11,12,14). The molecule has 0 radical (unpaired) electrons. The molecule has 4 N–H and O–H groups in total. The van der Waals surface area contributed by atoms with Gasteiger partial charge in [-0.2, -0.15) is 18.5 Å². The van der Waals surface area contributed by atoms with E-state index in [-0.39, 0.29) is 16.7 Å². The van der Waals surface area contributed by atoms with E-state index in [1.54, 1.807) is 13.1 Å². The van der Waals surface area contributed by atoms with Gasteiger partial charge >= 0.3 is 0 Å². The Labute approximate surface area is 103 Å². The minimum atomic E-state index is -3.88. The van der Waals surface area contributed by atoms with Gasteiger partial charge in [-0.3, -0.25) is 5.84 Å². The minimum Gasteiger partial charge on any atom is -0.321 e. The van der Waals surface area contributed by atoms with Crippen LogP contribution in [0.1, 0.15) is 0 Å². The molecule has 9 nitrogen and oxygen atoms in total. The van der Waals surface area contributed by atoms with Crippen LogP contribution >= 0.6 is 0 Å². The van der Waals surface area contributed by atoms with Crippen molar-refractivity contribution in [2.24, 2.45) is 12.9 Å². The van der Waals surface area contributed by atoms with Crippen LogP contribution in [0.3, 0.4) is 0 Å². The molecule has 2 heterocycles. The number of nitrogen functional groups attached to an aromatic ring is 1. The lowest BCUT2D eigenvalue weighted by atomic mass is 10.4. The van der Waals surface area contributed by atoms with Crippen LogP contribution in [-0.4, -0.2) is 28.2 Å². The predicted molar refractivity (Wildman–Crippen MR) is 63.9 cm³/mol. The molecule has 10 heteroatoms. The maximum Gasteiger partial charge on any atom is 0.283 e. The number of hydrogen-bond donors (Lipinski definition) is 3. The summed E-state index contributed by atoms with van der Waals surface area (Å²) in [6, 6.07) is 3.06. The second-order valence-electron chi connectivity index (χ2n) is 3.31. The third-order valence-electron chi connectivity index (χ3n) is 2.12. The summed E-state index contributed by atoms with van der Waals surface area (Å²) in [5, 5.41) is 3.54. The fraction of sp³-hybridized carbons (Fsp3) is 0.125. The first kappa shape index (κ1) is 12.3. The van der Waals surface area contributed by atoms with Gasteiger partial charge in [0.2, 0.25) is 11.0 Å². The second-order valence-corrected chi connectivity index (χ2v) is 4.91. The number of nitrogens with zero attached hydrogens (tertiary/aromatic N) is 4. The number of anilines is 2. The molecular formula is C8H11N7O2S. The molecule has 0 aliphatic rings. The molecule has 0 unspecified atom stereocenters. The average Bonchev–Trinajstić information content (AvgIpc) is 2.74. The molecule has 0 amide bonds. The van der Waals surface area contributed by atoms with Crippen molar-refractivity contribution in [2.75, 3.05) is 10.1 Å². The van der Waals surface area contributed by atoms with Crippen molar-refractivity contribution >= 4 is 21.7 Å². The molecule has 0 spiro atoms. The quantitative estimate of drug-likeness (QED) is 0.494. The normalized spacial score (nSPS) is 11.2.